The molecule has 0 aliphatic heterocycles. The lowest BCUT2D eigenvalue weighted by Gasteiger charge is -2.24. The fourth-order valence-corrected chi connectivity index (χ4v) is 1.68. The first-order valence-corrected chi connectivity index (χ1v) is 6.28. The van der Waals surface area contributed by atoms with Gasteiger partial charge in [-0.25, -0.2) is 0 Å². The van der Waals surface area contributed by atoms with Crippen molar-refractivity contribution in [2.45, 2.75) is 32.9 Å². The standard InChI is InChI=1S/C12H19BrN2O/c1-4-16-12(2,3)9-14-8-11-6-5-10(13)7-15-11/h5-7,14H,4,8-9H2,1-3H3. The SMILES string of the molecule is CCOC(C)(C)CNCc1ccc(Br)cn1. The molecule has 0 aromatic carbocycles. The molecule has 0 aliphatic rings. The summed E-state index contributed by atoms with van der Waals surface area (Å²) in [7, 11) is 0. The van der Waals surface area contributed by atoms with Crippen molar-refractivity contribution in [3.05, 3.63) is 28.5 Å². The molecule has 1 heterocycles. The number of pyridine rings is 1. The van der Waals surface area contributed by atoms with Gasteiger partial charge in [0.15, 0.2) is 0 Å². The summed E-state index contributed by atoms with van der Waals surface area (Å²) in [5, 5.41) is 3.34. The van der Waals surface area contributed by atoms with E-state index in [1.807, 2.05) is 25.3 Å². The minimum Gasteiger partial charge on any atom is -0.375 e. The van der Waals surface area contributed by atoms with Gasteiger partial charge in [0.05, 0.1) is 11.3 Å². The third-order valence-electron chi connectivity index (χ3n) is 2.18. The maximum Gasteiger partial charge on any atom is 0.0750 e. The second-order valence-electron chi connectivity index (χ2n) is 4.26. The summed E-state index contributed by atoms with van der Waals surface area (Å²) < 4.78 is 6.60. The molecule has 1 N–H and O–H groups in total. The Balaban J connectivity index is 2.32. The molecule has 0 bridgehead atoms. The summed E-state index contributed by atoms with van der Waals surface area (Å²) in [4.78, 5) is 4.29. The Kier molecular flexibility index (Phi) is 5.38. The minimum atomic E-state index is -0.121. The lowest BCUT2D eigenvalue weighted by atomic mass is 10.1. The van der Waals surface area contributed by atoms with Crippen molar-refractivity contribution in [3.63, 3.8) is 0 Å². The monoisotopic (exact) mass is 286 g/mol. The van der Waals surface area contributed by atoms with E-state index in [1.165, 1.54) is 0 Å². The number of rotatable bonds is 6. The van der Waals surface area contributed by atoms with Crippen molar-refractivity contribution >= 4 is 15.9 Å². The van der Waals surface area contributed by atoms with Gasteiger partial charge in [-0.15, -0.1) is 0 Å². The molecule has 0 amide bonds. The van der Waals surface area contributed by atoms with Gasteiger partial charge in [-0.05, 0) is 48.8 Å². The van der Waals surface area contributed by atoms with E-state index < -0.39 is 0 Å². The lowest BCUT2D eigenvalue weighted by molar-refractivity contribution is -0.00901. The molecule has 0 saturated carbocycles. The van der Waals surface area contributed by atoms with Crippen molar-refractivity contribution in [2.75, 3.05) is 13.2 Å². The molecule has 0 unspecified atom stereocenters. The third-order valence-corrected chi connectivity index (χ3v) is 2.65. The molecule has 0 atom stereocenters. The van der Waals surface area contributed by atoms with Crippen LogP contribution in [0.4, 0.5) is 0 Å². The van der Waals surface area contributed by atoms with E-state index in [-0.39, 0.29) is 5.60 Å². The van der Waals surface area contributed by atoms with Gasteiger partial charge < -0.3 is 10.1 Å². The molecule has 1 aromatic rings. The van der Waals surface area contributed by atoms with E-state index in [1.54, 1.807) is 0 Å². The minimum absolute atomic E-state index is 0.121. The van der Waals surface area contributed by atoms with Crippen LogP contribution < -0.4 is 5.32 Å². The van der Waals surface area contributed by atoms with E-state index in [0.717, 1.165) is 29.9 Å². The Hall–Kier alpha value is -0.450. The molecule has 4 heteroatoms. The number of ether oxygens (including phenoxy) is 1. The normalized spacial score (nSPS) is 11.8. The van der Waals surface area contributed by atoms with Gasteiger partial charge >= 0.3 is 0 Å². The Morgan fingerprint density at radius 1 is 1.44 bits per heavy atom. The van der Waals surface area contributed by atoms with Crippen LogP contribution in [0, 0.1) is 0 Å². The smallest absolute Gasteiger partial charge is 0.0750 e. The van der Waals surface area contributed by atoms with Crippen LogP contribution in [0.3, 0.4) is 0 Å². The predicted octanol–water partition coefficient (Wildman–Crippen LogP) is 2.75. The van der Waals surface area contributed by atoms with E-state index in [0.29, 0.717) is 0 Å². The summed E-state index contributed by atoms with van der Waals surface area (Å²) in [5.74, 6) is 0. The highest BCUT2D eigenvalue weighted by atomic mass is 79.9. The molecule has 16 heavy (non-hydrogen) atoms. The van der Waals surface area contributed by atoms with E-state index in [4.69, 9.17) is 4.74 Å². The summed E-state index contributed by atoms with van der Waals surface area (Å²) in [6.45, 7) is 8.50. The molecule has 0 saturated heterocycles. The first kappa shape index (κ1) is 13.6. The number of nitrogens with zero attached hydrogens (tertiary/aromatic N) is 1. The van der Waals surface area contributed by atoms with Crippen LogP contribution in [0.15, 0.2) is 22.8 Å². The topological polar surface area (TPSA) is 34.1 Å². The molecule has 0 radical (unpaired) electrons. The van der Waals surface area contributed by atoms with Crippen LogP contribution >= 0.6 is 15.9 Å². The second kappa shape index (κ2) is 6.33. The molecular formula is C12H19BrN2O. The molecule has 0 fully saturated rings. The van der Waals surface area contributed by atoms with Crippen LogP contribution in [0.5, 0.6) is 0 Å². The quantitative estimate of drug-likeness (QED) is 0.873. The van der Waals surface area contributed by atoms with Gasteiger partial charge in [0.25, 0.3) is 0 Å². The van der Waals surface area contributed by atoms with Crippen molar-refractivity contribution in [3.8, 4) is 0 Å². The van der Waals surface area contributed by atoms with Crippen molar-refractivity contribution in [1.29, 1.82) is 0 Å². The maximum atomic E-state index is 5.60. The lowest BCUT2D eigenvalue weighted by Crippen LogP contribution is -2.37. The number of hydrogen-bond donors (Lipinski definition) is 1. The fraction of sp³-hybridized carbons (Fsp3) is 0.583. The molecule has 0 aliphatic carbocycles. The van der Waals surface area contributed by atoms with Crippen LogP contribution in [-0.4, -0.2) is 23.7 Å². The van der Waals surface area contributed by atoms with Crippen LogP contribution in [0.25, 0.3) is 0 Å². The van der Waals surface area contributed by atoms with Gasteiger partial charge in [-0.2, -0.15) is 0 Å². The first-order valence-electron chi connectivity index (χ1n) is 5.48. The first-order chi connectivity index (χ1) is 7.53. The largest absolute Gasteiger partial charge is 0.375 e. The van der Waals surface area contributed by atoms with Gasteiger partial charge in [-0.1, -0.05) is 0 Å². The van der Waals surface area contributed by atoms with Crippen molar-refractivity contribution < 1.29 is 4.74 Å². The highest BCUT2D eigenvalue weighted by Gasteiger charge is 2.16. The third kappa shape index (κ3) is 5.05. The van der Waals surface area contributed by atoms with Crippen LogP contribution in [-0.2, 0) is 11.3 Å². The average molecular weight is 287 g/mol. The number of aromatic nitrogens is 1. The van der Waals surface area contributed by atoms with Gasteiger partial charge in [0.1, 0.15) is 0 Å². The fourth-order valence-electron chi connectivity index (χ4n) is 1.44. The maximum absolute atomic E-state index is 5.60. The second-order valence-corrected chi connectivity index (χ2v) is 5.18. The summed E-state index contributed by atoms with van der Waals surface area (Å²) in [6.07, 6.45) is 1.81. The Morgan fingerprint density at radius 3 is 2.75 bits per heavy atom. The van der Waals surface area contributed by atoms with Crippen molar-refractivity contribution in [2.24, 2.45) is 0 Å². The molecular weight excluding hydrogens is 268 g/mol. The molecule has 1 aromatic heterocycles. The van der Waals surface area contributed by atoms with E-state index in [9.17, 15) is 0 Å². The molecule has 0 spiro atoms. The van der Waals surface area contributed by atoms with Crippen molar-refractivity contribution in [1.82, 2.24) is 10.3 Å². The van der Waals surface area contributed by atoms with E-state index >= 15 is 0 Å². The highest BCUT2D eigenvalue weighted by molar-refractivity contribution is 9.10. The summed E-state index contributed by atoms with van der Waals surface area (Å²) in [6, 6.07) is 4.00. The number of hydrogen-bond acceptors (Lipinski definition) is 3. The Labute approximate surface area is 106 Å². The Morgan fingerprint density at radius 2 is 2.19 bits per heavy atom. The van der Waals surface area contributed by atoms with Gasteiger partial charge in [-0.3, -0.25) is 4.98 Å². The van der Waals surface area contributed by atoms with Gasteiger partial charge in [0, 0.05) is 30.4 Å². The zero-order valence-electron chi connectivity index (χ0n) is 10.1. The number of nitrogens with one attached hydrogen (secondary N) is 1. The van der Waals surface area contributed by atoms with Crippen LogP contribution in [0.2, 0.25) is 0 Å². The molecule has 3 nitrogen and oxygen atoms in total. The number of halogens is 1. The van der Waals surface area contributed by atoms with Gasteiger partial charge in [0.2, 0.25) is 0 Å². The van der Waals surface area contributed by atoms with E-state index in [2.05, 4.69) is 40.1 Å². The average Bonchev–Trinajstić information content (AvgIpc) is 2.20. The summed E-state index contributed by atoms with van der Waals surface area (Å²) >= 11 is 3.36. The molecule has 1 rings (SSSR count). The predicted molar refractivity (Wildman–Crippen MR) is 69.3 cm³/mol. The summed E-state index contributed by atoms with van der Waals surface area (Å²) in [5.41, 5.74) is 0.917. The van der Waals surface area contributed by atoms with Crippen LogP contribution in [0.1, 0.15) is 26.5 Å². The zero-order valence-corrected chi connectivity index (χ0v) is 11.7. The Bertz CT molecular complexity index is 311. The zero-order chi connectivity index (χ0) is 12.0. The highest BCUT2D eigenvalue weighted by Crippen LogP contribution is 2.09. The molecule has 90 valence electrons.